The molecule has 1 amide bonds. The average molecular weight is 408 g/mol. The lowest BCUT2D eigenvalue weighted by atomic mass is 10.0. The summed E-state index contributed by atoms with van der Waals surface area (Å²) in [6.45, 7) is 2.18. The van der Waals surface area contributed by atoms with E-state index >= 15 is 0 Å². The molecule has 0 unspecified atom stereocenters. The molecule has 0 radical (unpaired) electrons. The number of halogens is 4. The molecule has 0 bridgehead atoms. The highest BCUT2D eigenvalue weighted by Crippen LogP contribution is 2.32. The van der Waals surface area contributed by atoms with Crippen molar-refractivity contribution in [1.29, 1.82) is 0 Å². The number of amides is 1. The summed E-state index contributed by atoms with van der Waals surface area (Å²) in [5.41, 5.74) is 1.84. The van der Waals surface area contributed by atoms with E-state index in [1.165, 1.54) is 0 Å². The number of nitrogens with zero attached hydrogens (tertiary/aromatic N) is 2. The molecule has 0 saturated carbocycles. The van der Waals surface area contributed by atoms with Gasteiger partial charge >= 0.3 is 6.18 Å². The van der Waals surface area contributed by atoms with Crippen molar-refractivity contribution >= 4 is 5.91 Å². The minimum absolute atomic E-state index is 0.00990. The summed E-state index contributed by atoms with van der Waals surface area (Å²) < 4.78 is 58.4. The molecule has 1 fully saturated rings. The largest absolute Gasteiger partial charge is 0.416 e. The fraction of sp³-hybridized carbons (Fsp3) is 0.381. The molecule has 1 atom stereocenters. The topological polar surface area (TPSA) is 32.8 Å². The third-order valence-electron chi connectivity index (χ3n) is 5.33. The maximum atomic E-state index is 13.7. The summed E-state index contributed by atoms with van der Waals surface area (Å²) in [6.07, 6.45) is -4.84. The lowest BCUT2D eigenvalue weighted by molar-refractivity contribution is -0.137. The van der Waals surface area contributed by atoms with E-state index in [2.05, 4.69) is 0 Å². The second-order valence-electron chi connectivity index (χ2n) is 7.52. The number of fused-ring (bicyclic) bond motifs is 1. The number of rotatable bonds is 3. The van der Waals surface area contributed by atoms with Crippen molar-refractivity contribution < 1.29 is 27.1 Å². The van der Waals surface area contributed by atoms with Crippen molar-refractivity contribution in [2.24, 2.45) is 0 Å². The van der Waals surface area contributed by atoms with Gasteiger partial charge in [0.2, 0.25) is 0 Å². The molecular weight excluding hydrogens is 388 g/mol. The zero-order chi connectivity index (χ0) is 20.8. The highest BCUT2D eigenvalue weighted by Gasteiger charge is 2.32. The Labute approximate surface area is 165 Å². The Morgan fingerprint density at radius 3 is 2.72 bits per heavy atom. The number of hydrogen-bond acceptors (Lipinski definition) is 3. The fourth-order valence-electron chi connectivity index (χ4n) is 3.90. The molecule has 0 N–H and O–H groups in total. The first-order valence-electron chi connectivity index (χ1n) is 9.29. The van der Waals surface area contributed by atoms with Crippen LogP contribution < -0.4 is 0 Å². The smallest absolute Gasteiger partial charge is 0.371 e. The molecule has 0 spiro atoms. The maximum Gasteiger partial charge on any atom is 0.416 e. The van der Waals surface area contributed by atoms with Gasteiger partial charge in [0.1, 0.15) is 5.82 Å². The second kappa shape index (κ2) is 7.42. The Balaban J connectivity index is 1.49. The summed E-state index contributed by atoms with van der Waals surface area (Å²) in [7, 11) is 1.75. The quantitative estimate of drug-likeness (QED) is 0.720. The predicted molar refractivity (Wildman–Crippen MR) is 97.6 cm³/mol. The number of morpholine rings is 1. The van der Waals surface area contributed by atoms with Crippen molar-refractivity contribution in [3.05, 3.63) is 70.0 Å². The van der Waals surface area contributed by atoms with Gasteiger partial charge in [-0.15, -0.1) is 0 Å². The van der Waals surface area contributed by atoms with Crippen molar-refractivity contribution in [1.82, 2.24) is 9.80 Å². The van der Waals surface area contributed by atoms with E-state index < -0.39 is 17.6 Å². The van der Waals surface area contributed by atoms with Gasteiger partial charge < -0.3 is 9.64 Å². The van der Waals surface area contributed by atoms with Gasteiger partial charge in [-0.3, -0.25) is 9.69 Å². The standard InChI is InChI=1S/C21H20F4N2O2/c1-26-11-15-8-14(2-3-18(15)20(26)28)19-12-27(4-5-29-19)10-13-6-16(21(23,24)25)9-17(22)7-13/h2-3,6-9,19H,4-5,10-12H2,1H3/t19-/m1/s1. The normalized spacial score (nSPS) is 20.2. The van der Waals surface area contributed by atoms with Gasteiger partial charge in [-0.05, 0) is 41.0 Å². The number of alkyl halides is 3. The number of hydrogen-bond donors (Lipinski definition) is 0. The molecule has 0 aliphatic carbocycles. The Morgan fingerprint density at radius 2 is 1.97 bits per heavy atom. The molecule has 29 heavy (non-hydrogen) atoms. The van der Waals surface area contributed by atoms with Crippen LogP contribution in [0.5, 0.6) is 0 Å². The zero-order valence-corrected chi connectivity index (χ0v) is 15.8. The van der Waals surface area contributed by atoms with E-state index in [0.29, 0.717) is 37.9 Å². The molecule has 154 valence electrons. The molecule has 2 aromatic rings. The number of benzene rings is 2. The predicted octanol–water partition coefficient (Wildman–Crippen LogP) is 4.00. The minimum Gasteiger partial charge on any atom is -0.371 e. The van der Waals surface area contributed by atoms with Crippen LogP contribution in [0.2, 0.25) is 0 Å². The van der Waals surface area contributed by atoms with Crippen LogP contribution in [-0.4, -0.2) is 42.5 Å². The van der Waals surface area contributed by atoms with Crippen molar-refractivity contribution in [2.75, 3.05) is 26.7 Å². The molecule has 2 aliphatic rings. The first kappa shape index (κ1) is 19.8. The molecule has 2 heterocycles. The molecule has 4 rings (SSSR count). The van der Waals surface area contributed by atoms with Gasteiger partial charge in [0.05, 0.1) is 18.3 Å². The molecule has 4 nitrogen and oxygen atoms in total. The fourth-order valence-corrected chi connectivity index (χ4v) is 3.90. The first-order valence-corrected chi connectivity index (χ1v) is 9.29. The second-order valence-corrected chi connectivity index (χ2v) is 7.52. The van der Waals surface area contributed by atoms with Crippen molar-refractivity contribution in [3.63, 3.8) is 0 Å². The van der Waals surface area contributed by atoms with Gasteiger partial charge in [-0.1, -0.05) is 12.1 Å². The van der Waals surface area contributed by atoms with Crippen LogP contribution in [0.4, 0.5) is 17.6 Å². The molecule has 2 aliphatic heterocycles. The van der Waals surface area contributed by atoms with E-state index in [1.807, 2.05) is 17.0 Å². The van der Waals surface area contributed by atoms with Gasteiger partial charge in [0, 0.05) is 38.8 Å². The van der Waals surface area contributed by atoms with Crippen LogP contribution in [0.25, 0.3) is 0 Å². The Bertz CT molecular complexity index is 945. The lowest BCUT2D eigenvalue weighted by Crippen LogP contribution is -2.37. The number of ether oxygens (including phenoxy) is 1. The van der Waals surface area contributed by atoms with Crippen molar-refractivity contribution in [2.45, 2.75) is 25.4 Å². The minimum atomic E-state index is -4.58. The van der Waals surface area contributed by atoms with Gasteiger partial charge in [-0.2, -0.15) is 13.2 Å². The summed E-state index contributed by atoms with van der Waals surface area (Å²) in [4.78, 5) is 15.6. The van der Waals surface area contributed by atoms with Gasteiger partial charge in [0.15, 0.2) is 0 Å². The van der Waals surface area contributed by atoms with E-state index in [9.17, 15) is 22.4 Å². The average Bonchev–Trinajstić information content (AvgIpc) is 2.94. The lowest BCUT2D eigenvalue weighted by Gasteiger charge is -2.33. The monoisotopic (exact) mass is 408 g/mol. The van der Waals surface area contributed by atoms with E-state index in [-0.39, 0.29) is 24.1 Å². The van der Waals surface area contributed by atoms with E-state index in [0.717, 1.165) is 23.3 Å². The van der Waals surface area contributed by atoms with E-state index in [4.69, 9.17) is 4.74 Å². The summed E-state index contributed by atoms with van der Waals surface area (Å²) in [6, 6.07) is 8.24. The van der Waals surface area contributed by atoms with Crippen LogP contribution in [-0.2, 0) is 24.0 Å². The molecule has 0 aromatic heterocycles. The van der Waals surface area contributed by atoms with Crippen LogP contribution in [0.15, 0.2) is 36.4 Å². The SMILES string of the molecule is CN1Cc2cc([C@H]3CN(Cc4cc(F)cc(C(F)(F)F)c4)CCO3)ccc2C1=O. The number of carbonyl (C=O) groups is 1. The Morgan fingerprint density at radius 1 is 1.17 bits per heavy atom. The van der Waals surface area contributed by atoms with E-state index in [1.54, 1.807) is 18.0 Å². The van der Waals surface area contributed by atoms with Crippen LogP contribution in [0, 0.1) is 5.82 Å². The highest BCUT2D eigenvalue weighted by molar-refractivity contribution is 5.98. The van der Waals surface area contributed by atoms with Gasteiger partial charge in [-0.25, -0.2) is 4.39 Å². The zero-order valence-electron chi connectivity index (χ0n) is 15.8. The van der Waals surface area contributed by atoms with Crippen LogP contribution in [0.1, 0.15) is 38.7 Å². The molecular formula is C21H20F4N2O2. The van der Waals surface area contributed by atoms with Crippen molar-refractivity contribution in [3.8, 4) is 0 Å². The summed E-state index contributed by atoms with van der Waals surface area (Å²) in [5.74, 6) is -0.906. The van der Waals surface area contributed by atoms with Crippen LogP contribution in [0.3, 0.4) is 0 Å². The molecule has 1 saturated heterocycles. The highest BCUT2D eigenvalue weighted by atomic mass is 19.4. The maximum absolute atomic E-state index is 13.7. The summed E-state index contributed by atoms with van der Waals surface area (Å²) in [5, 5.41) is 0. The van der Waals surface area contributed by atoms with Gasteiger partial charge in [0.25, 0.3) is 5.91 Å². The Kier molecular flexibility index (Phi) is 5.08. The third kappa shape index (κ3) is 4.13. The number of carbonyl (C=O) groups excluding carboxylic acids is 1. The first-order chi connectivity index (χ1) is 13.7. The molecule has 8 heteroatoms. The van der Waals surface area contributed by atoms with Crippen LogP contribution >= 0.6 is 0 Å². The molecule has 2 aromatic carbocycles. The third-order valence-corrected chi connectivity index (χ3v) is 5.33. The Hall–Kier alpha value is -2.45. The summed E-state index contributed by atoms with van der Waals surface area (Å²) >= 11 is 0.